The average Bonchev–Trinajstić information content (AvgIpc) is 2.91. The Morgan fingerprint density at radius 1 is 1.18 bits per heavy atom. The number of rotatable bonds is 3. The third kappa shape index (κ3) is 3.22. The second-order valence-electron chi connectivity index (χ2n) is 4.87. The van der Waals surface area contributed by atoms with E-state index in [0.29, 0.717) is 19.9 Å². The lowest BCUT2D eigenvalue weighted by molar-refractivity contribution is 0.105. The minimum Gasteiger partial charge on any atom is -0.288 e. The Morgan fingerprint density at radius 3 is 2.73 bits per heavy atom. The maximum atomic E-state index is 12.1. The summed E-state index contributed by atoms with van der Waals surface area (Å²) in [5.41, 5.74) is 2.69. The second-order valence-corrected chi connectivity index (χ2v) is 6.94. The Kier molecular flexibility index (Phi) is 4.30. The number of aryl methyl sites for hydroxylation is 1. The van der Waals surface area contributed by atoms with Crippen LogP contribution in [-0.2, 0) is 0 Å². The van der Waals surface area contributed by atoms with E-state index in [4.69, 9.17) is 23.2 Å². The van der Waals surface area contributed by atoms with Crippen molar-refractivity contribution in [2.75, 3.05) is 0 Å². The van der Waals surface area contributed by atoms with Gasteiger partial charge in [-0.05, 0) is 48.9 Å². The minimum atomic E-state index is -0.100. The van der Waals surface area contributed by atoms with Crippen molar-refractivity contribution in [2.45, 2.75) is 6.92 Å². The molecule has 0 radical (unpaired) electrons. The SMILES string of the molecule is Cc1ccc2cc(/C=C/C(=O)c3ccc(Cl)s3)c(Cl)nc2c1. The monoisotopic (exact) mass is 347 g/mol. The molecule has 0 aliphatic rings. The van der Waals surface area contributed by atoms with Crippen molar-refractivity contribution in [2.24, 2.45) is 0 Å². The van der Waals surface area contributed by atoms with Gasteiger partial charge in [0.05, 0.1) is 14.7 Å². The molecule has 0 N–H and O–H groups in total. The number of allylic oxidation sites excluding steroid dienone is 1. The summed E-state index contributed by atoms with van der Waals surface area (Å²) in [6, 6.07) is 11.3. The number of benzene rings is 1. The maximum Gasteiger partial charge on any atom is 0.195 e. The predicted octanol–water partition coefficient (Wildman–Crippen LogP) is 5.81. The molecular weight excluding hydrogens is 337 g/mol. The molecule has 0 aliphatic carbocycles. The van der Waals surface area contributed by atoms with Crippen LogP contribution in [0.25, 0.3) is 17.0 Å². The molecule has 0 fully saturated rings. The molecule has 2 heterocycles. The molecule has 0 unspecified atom stereocenters. The van der Waals surface area contributed by atoms with Crippen LogP contribution >= 0.6 is 34.5 Å². The van der Waals surface area contributed by atoms with E-state index in [1.54, 1.807) is 18.2 Å². The largest absolute Gasteiger partial charge is 0.288 e. The molecular formula is C17H11Cl2NOS. The number of fused-ring (bicyclic) bond motifs is 1. The number of hydrogen-bond donors (Lipinski definition) is 0. The van der Waals surface area contributed by atoms with E-state index in [1.807, 2.05) is 31.2 Å². The lowest BCUT2D eigenvalue weighted by atomic mass is 10.1. The second kappa shape index (κ2) is 6.21. The predicted molar refractivity (Wildman–Crippen MR) is 94.2 cm³/mol. The van der Waals surface area contributed by atoms with Gasteiger partial charge in [0.15, 0.2) is 5.78 Å². The van der Waals surface area contributed by atoms with Crippen LogP contribution in [-0.4, -0.2) is 10.8 Å². The molecule has 110 valence electrons. The normalized spacial score (nSPS) is 11.4. The topological polar surface area (TPSA) is 30.0 Å². The number of halogens is 2. The zero-order valence-electron chi connectivity index (χ0n) is 11.6. The quantitative estimate of drug-likeness (QED) is 0.340. The third-order valence-corrected chi connectivity index (χ3v) is 4.73. The van der Waals surface area contributed by atoms with Gasteiger partial charge in [0.25, 0.3) is 0 Å². The highest BCUT2D eigenvalue weighted by molar-refractivity contribution is 7.18. The number of carbonyl (C=O) groups is 1. The Labute approximate surface area is 142 Å². The van der Waals surface area contributed by atoms with E-state index in [9.17, 15) is 4.79 Å². The van der Waals surface area contributed by atoms with E-state index >= 15 is 0 Å². The molecule has 0 saturated heterocycles. The van der Waals surface area contributed by atoms with Crippen molar-refractivity contribution in [3.63, 3.8) is 0 Å². The minimum absolute atomic E-state index is 0.100. The zero-order valence-corrected chi connectivity index (χ0v) is 14.0. The molecule has 3 rings (SSSR count). The Balaban J connectivity index is 1.93. The van der Waals surface area contributed by atoms with Crippen LogP contribution in [0, 0.1) is 6.92 Å². The smallest absolute Gasteiger partial charge is 0.195 e. The first-order valence-corrected chi connectivity index (χ1v) is 8.15. The number of pyridine rings is 1. The van der Waals surface area contributed by atoms with Gasteiger partial charge in [0.2, 0.25) is 0 Å². The molecule has 22 heavy (non-hydrogen) atoms. The highest BCUT2D eigenvalue weighted by atomic mass is 35.5. The molecule has 0 amide bonds. The summed E-state index contributed by atoms with van der Waals surface area (Å²) in [6.45, 7) is 2.01. The zero-order chi connectivity index (χ0) is 15.7. The molecule has 1 aromatic carbocycles. The summed E-state index contributed by atoms with van der Waals surface area (Å²) in [5, 5.41) is 1.37. The van der Waals surface area contributed by atoms with Crippen molar-refractivity contribution >= 4 is 57.3 Å². The number of ketones is 1. The molecule has 0 aliphatic heterocycles. The Hall–Kier alpha value is -1.68. The van der Waals surface area contributed by atoms with Crippen LogP contribution in [0.15, 0.2) is 42.5 Å². The Bertz CT molecular complexity index is 899. The molecule has 0 atom stereocenters. The fourth-order valence-electron chi connectivity index (χ4n) is 2.08. The lowest BCUT2D eigenvalue weighted by Crippen LogP contribution is -1.90. The van der Waals surface area contributed by atoms with E-state index in [0.717, 1.165) is 16.5 Å². The summed E-state index contributed by atoms with van der Waals surface area (Å²) in [4.78, 5) is 17.0. The van der Waals surface area contributed by atoms with E-state index < -0.39 is 0 Å². The maximum absolute atomic E-state index is 12.1. The number of thiophene rings is 1. The van der Waals surface area contributed by atoms with Crippen LogP contribution in [0.5, 0.6) is 0 Å². The lowest BCUT2D eigenvalue weighted by Gasteiger charge is -2.03. The molecule has 2 nitrogen and oxygen atoms in total. The van der Waals surface area contributed by atoms with Crippen LogP contribution in [0.4, 0.5) is 0 Å². The summed E-state index contributed by atoms with van der Waals surface area (Å²) < 4.78 is 0.595. The molecule has 0 spiro atoms. The summed E-state index contributed by atoms with van der Waals surface area (Å²) in [6.07, 6.45) is 3.18. The van der Waals surface area contributed by atoms with Crippen LogP contribution in [0.2, 0.25) is 9.49 Å². The van der Waals surface area contributed by atoms with Crippen molar-refractivity contribution in [1.82, 2.24) is 4.98 Å². The van der Waals surface area contributed by atoms with Crippen molar-refractivity contribution in [1.29, 1.82) is 0 Å². The fourth-order valence-corrected chi connectivity index (χ4v) is 3.25. The molecule has 0 saturated carbocycles. The van der Waals surface area contributed by atoms with Crippen LogP contribution in [0.1, 0.15) is 20.8 Å². The summed E-state index contributed by atoms with van der Waals surface area (Å²) in [7, 11) is 0. The highest BCUT2D eigenvalue weighted by Crippen LogP contribution is 2.24. The first kappa shape index (κ1) is 15.2. The summed E-state index contributed by atoms with van der Waals surface area (Å²) in [5.74, 6) is -0.100. The van der Waals surface area contributed by atoms with E-state index in [-0.39, 0.29) is 5.78 Å². The molecule has 2 aromatic heterocycles. The third-order valence-electron chi connectivity index (χ3n) is 3.18. The number of aromatic nitrogens is 1. The molecule has 0 bridgehead atoms. The summed E-state index contributed by atoms with van der Waals surface area (Å²) >= 11 is 13.3. The number of hydrogen-bond acceptors (Lipinski definition) is 3. The van der Waals surface area contributed by atoms with Crippen molar-refractivity contribution in [3.8, 4) is 0 Å². The Morgan fingerprint density at radius 2 is 2.00 bits per heavy atom. The molecule has 5 heteroatoms. The van der Waals surface area contributed by atoms with Crippen LogP contribution in [0.3, 0.4) is 0 Å². The van der Waals surface area contributed by atoms with Gasteiger partial charge < -0.3 is 0 Å². The van der Waals surface area contributed by atoms with Gasteiger partial charge in [-0.1, -0.05) is 35.3 Å². The van der Waals surface area contributed by atoms with Gasteiger partial charge in [-0.3, -0.25) is 4.79 Å². The van der Waals surface area contributed by atoms with Gasteiger partial charge in [-0.25, -0.2) is 4.98 Å². The highest BCUT2D eigenvalue weighted by Gasteiger charge is 2.07. The molecule has 3 aromatic rings. The van der Waals surface area contributed by atoms with E-state index in [1.165, 1.54) is 17.4 Å². The van der Waals surface area contributed by atoms with Gasteiger partial charge in [-0.15, -0.1) is 11.3 Å². The van der Waals surface area contributed by atoms with Gasteiger partial charge in [-0.2, -0.15) is 0 Å². The van der Waals surface area contributed by atoms with Crippen LogP contribution < -0.4 is 0 Å². The van der Waals surface area contributed by atoms with Crippen molar-refractivity contribution < 1.29 is 4.79 Å². The number of nitrogens with zero attached hydrogens (tertiary/aromatic N) is 1. The van der Waals surface area contributed by atoms with Gasteiger partial charge in [0, 0.05) is 10.9 Å². The first-order chi connectivity index (χ1) is 10.5. The first-order valence-electron chi connectivity index (χ1n) is 6.57. The fraction of sp³-hybridized carbons (Fsp3) is 0.0588. The number of carbonyl (C=O) groups excluding carboxylic acids is 1. The van der Waals surface area contributed by atoms with Gasteiger partial charge in [0.1, 0.15) is 5.15 Å². The van der Waals surface area contributed by atoms with Gasteiger partial charge >= 0.3 is 0 Å². The standard InChI is InChI=1S/C17H11Cl2NOS/c1-10-2-3-11-9-12(17(19)20-13(11)8-10)4-5-14(21)15-6-7-16(18)22-15/h2-9H,1H3/b5-4+. The van der Waals surface area contributed by atoms with Crippen molar-refractivity contribution in [3.05, 3.63) is 68.0 Å². The van der Waals surface area contributed by atoms with E-state index in [2.05, 4.69) is 4.98 Å². The average molecular weight is 348 g/mol.